The standard InChI is InChI=1S/C14H15N3O2S/c1-14(2,3)9-7-20-13(8(9)6-15)17-12(18)10-4-5-11(16)19-10/h4-5,7H,16H2,1-3H3,(H,17,18). The molecular weight excluding hydrogens is 274 g/mol. The Labute approximate surface area is 121 Å². The van der Waals surface area contributed by atoms with Gasteiger partial charge in [-0.3, -0.25) is 4.79 Å². The molecule has 3 N–H and O–H groups in total. The summed E-state index contributed by atoms with van der Waals surface area (Å²) in [6.07, 6.45) is 0. The van der Waals surface area contributed by atoms with Crippen LogP contribution in [0.2, 0.25) is 0 Å². The third kappa shape index (κ3) is 2.68. The molecule has 6 heteroatoms. The fourth-order valence-corrected chi connectivity index (χ4v) is 2.88. The maximum atomic E-state index is 12.0. The van der Waals surface area contributed by atoms with Gasteiger partial charge in [0.05, 0.1) is 5.56 Å². The van der Waals surface area contributed by atoms with Crippen molar-refractivity contribution in [3.8, 4) is 6.07 Å². The molecule has 2 aromatic rings. The summed E-state index contributed by atoms with van der Waals surface area (Å²) in [5, 5.41) is 14.4. The SMILES string of the molecule is CC(C)(C)c1csc(NC(=O)c2ccc(N)o2)c1C#N. The third-order valence-corrected chi connectivity index (χ3v) is 3.68. The van der Waals surface area contributed by atoms with Crippen molar-refractivity contribution in [3.05, 3.63) is 34.4 Å². The number of amides is 1. The molecule has 0 saturated carbocycles. The van der Waals surface area contributed by atoms with Crippen molar-refractivity contribution in [2.75, 3.05) is 11.1 Å². The Morgan fingerprint density at radius 1 is 1.45 bits per heavy atom. The number of nitrogen functional groups attached to an aromatic ring is 1. The number of nitrogens with one attached hydrogen (secondary N) is 1. The topological polar surface area (TPSA) is 92.1 Å². The Kier molecular flexibility index (Phi) is 3.55. The fourth-order valence-electron chi connectivity index (χ4n) is 1.75. The van der Waals surface area contributed by atoms with Crippen LogP contribution in [0.5, 0.6) is 0 Å². The number of carbonyl (C=O) groups excluding carboxylic acids is 1. The van der Waals surface area contributed by atoms with Crippen LogP contribution in [0.15, 0.2) is 21.9 Å². The Bertz CT molecular complexity index is 686. The molecule has 0 bridgehead atoms. The van der Waals surface area contributed by atoms with Gasteiger partial charge in [0.1, 0.15) is 11.1 Å². The molecule has 0 fully saturated rings. The fraction of sp³-hybridized carbons (Fsp3) is 0.286. The molecule has 0 atom stereocenters. The molecule has 1 amide bonds. The molecule has 0 unspecified atom stereocenters. The van der Waals surface area contributed by atoms with Gasteiger partial charge in [0.25, 0.3) is 5.91 Å². The number of thiophene rings is 1. The zero-order valence-corrected chi connectivity index (χ0v) is 12.3. The van der Waals surface area contributed by atoms with Crippen LogP contribution in [0.3, 0.4) is 0 Å². The van der Waals surface area contributed by atoms with Crippen LogP contribution >= 0.6 is 11.3 Å². The highest BCUT2D eigenvalue weighted by Gasteiger charge is 2.23. The number of hydrogen-bond acceptors (Lipinski definition) is 5. The first-order chi connectivity index (χ1) is 9.32. The number of carbonyl (C=O) groups is 1. The predicted molar refractivity (Wildman–Crippen MR) is 78.8 cm³/mol. The van der Waals surface area contributed by atoms with Crippen molar-refractivity contribution in [2.45, 2.75) is 26.2 Å². The second-order valence-electron chi connectivity index (χ2n) is 5.37. The summed E-state index contributed by atoms with van der Waals surface area (Å²) in [7, 11) is 0. The highest BCUT2D eigenvalue weighted by Crippen LogP contribution is 2.35. The first-order valence-electron chi connectivity index (χ1n) is 6.01. The van der Waals surface area contributed by atoms with Crippen LogP contribution in [0.4, 0.5) is 10.9 Å². The van der Waals surface area contributed by atoms with E-state index in [2.05, 4.69) is 11.4 Å². The third-order valence-electron chi connectivity index (χ3n) is 2.79. The lowest BCUT2D eigenvalue weighted by Crippen LogP contribution is -2.14. The molecule has 0 spiro atoms. The van der Waals surface area contributed by atoms with E-state index in [1.54, 1.807) is 0 Å². The summed E-state index contributed by atoms with van der Waals surface area (Å²) in [5.74, 6) is -0.116. The van der Waals surface area contributed by atoms with Gasteiger partial charge in [-0.05, 0) is 22.4 Å². The van der Waals surface area contributed by atoms with Crippen molar-refractivity contribution in [2.24, 2.45) is 0 Å². The molecule has 104 valence electrons. The smallest absolute Gasteiger partial charge is 0.292 e. The number of nitriles is 1. The van der Waals surface area contributed by atoms with Crippen LogP contribution in [-0.2, 0) is 5.41 Å². The van der Waals surface area contributed by atoms with E-state index < -0.39 is 5.91 Å². The largest absolute Gasteiger partial charge is 0.436 e. The molecular formula is C14H15N3O2S. The number of nitrogens with two attached hydrogens (primary N) is 1. The minimum atomic E-state index is -0.416. The van der Waals surface area contributed by atoms with Gasteiger partial charge in [-0.25, -0.2) is 0 Å². The Hall–Kier alpha value is -2.26. The van der Waals surface area contributed by atoms with E-state index in [0.29, 0.717) is 10.6 Å². The molecule has 5 nitrogen and oxygen atoms in total. The number of furan rings is 1. The highest BCUT2D eigenvalue weighted by molar-refractivity contribution is 7.14. The van der Waals surface area contributed by atoms with Crippen LogP contribution in [0, 0.1) is 11.3 Å². The van der Waals surface area contributed by atoms with E-state index in [0.717, 1.165) is 5.56 Å². The molecule has 0 saturated heterocycles. The molecule has 0 aliphatic carbocycles. The summed E-state index contributed by atoms with van der Waals surface area (Å²) in [6, 6.07) is 5.16. The van der Waals surface area contributed by atoms with Crippen LogP contribution < -0.4 is 11.1 Å². The van der Waals surface area contributed by atoms with E-state index >= 15 is 0 Å². The summed E-state index contributed by atoms with van der Waals surface area (Å²) < 4.78 is 5.05. The van der Waals surface area contributed by atoms with Crippen LogP contribution in [0.1, 0.15) is 42.5 Å². The van der Waals surface area contributed by atoms with E-state index in [1.807, 2.05) is 26.2 Å². The van der Waals surface area contributed by atoms with E-state index in [1.165, 1.54) is 23.5 Å². The Morgan fingerprint density at radius 2 is 2.15 bits per heavy atom. The first-order valence-corrected chi connectivity index (χ1v) is 6.89. The van der Waals surface area contributed by atoms with Gasteiger partial charge < -0.3 is 15.5 Å². The lowest BCUT2D eigenvalue weighted by atomic mass is 9.86. The molecule has 20 heavy (non-hydrogen) atoms. The number of anilines is 2. The monoisotopic (exact) mass is 289 g/mol. The average Bonchev–Trinajstić information content (AvgIpc) is 2.94. The number of nitrogens with zero attached hydrogens (tertiary/aromatic N) is 1. The van der Waals surface area contributed by atoms with Crippen LogP contribution in [0.25, 0.3) is 0 Å². The van der Waals surface area contributed by atoms with Crippen molar-refractivity contribution in [1.82, 2.24) is 0 Å². The minimum Gasteiger partial charge on any atom is -0.436 e. The van der Waals surface area contributed by atoms with Crippen molar-refractivity contribution >= 4 is 28.1 Å². The molecule has 2 aromatic heterocycles. The summed E-state index contributed by atoms with van der Waals surface area (Å²) in [6.45, 7) is 6.07. The predicted octanol–water partition coefficient (Wildman–Crippen LogP) is 3.34. The second-order valence-corrected chi connectivity index (χ2v) is 6.25. The molecule has 2 rings (SSSR count). The van der Waals surface area contributed by atoms with Crippen molar-refractivity contribution in [1.29, 1.82) is 5.26 Å². The van der Waals surface area contributed by atoms with Gasteiger partial charge in [-0.2, -0.15) is 5.26 Å². The minimum absolute atomic E-state index is 0.122. The van der Waals surface area contributed by atoms with Crippen LogP contribution in [-0.4, -0.2) is 5.91 Å². The average molecular weight is 289 g/mol. The molecule has 0 aliphatic rings. The molecule has 0 aromatic carbocycles. The van der Waals surface area contributed by atoms with Crippen molar-refractivity contribution < 1.29 is 9.21 Å². The van der Waals surface area contributed by atoms with E-state index in [9.17, 15) is 10.1 Å². The molecule has 0 aliphatic heterocycles. The Balaban J connectivity index is 2.29. The van der Waals surface area contributed by atoms with E-state index in [4.69, 9.17) is 10.2 Å². The Morgan fingerprint density at radius 3 is 2.65 bits per heavy atom. The van der Waals surface area contributed by atoms with E-state index in [-0.39, 0.29) is 17.1 Å². The zero-order chi connectivity index (χ0) is 14.9. The number of rotatable bonds is 2. The lowest BCUT2D eigenvalue weighted by Gasteiger charge is -2.17. The van der Waals surface area contributed by atoms with Gasteiger partial charge in [-0.1, -0.05) is 20.8 Å². The van der Waals surface area contributed by atoms with Gasteiger partial charge in [0.15, 0.2) is 11.6 Å². The summed E-state index contributed by atoms with van der Waals surface area (Å²) in [5.41, 5.74) is 6.69. The highest BCUT2D eigenvalue weighted by atomic mass is 32.1. The normalized spacial score (nSPS) is 11.1. The summed E-state index contributed by atoms with van der Waals surface area (Å²) in [4.78, 5) is 12.0. The number of hydrogen-bond donors (Lipinski definition) is 2. The second kappa shape index (κ2) is 5.02. The first kappa shape index (κ1) is 14.2. The van der Waals surface area contributed by atoms with Gasteiger partial charge in [0.2, 0.25) is 0 Å². The molecule has 0 radical (unpaired) electrons. The van der Waals surface area contributed by atoms with Gasteiger partial charge >= 0.3 is 0 Å². The summed E-state index contributed by atoms with van der Waals surface area (Å²) >= 11 is 1.33. The maximum Gasteiger partial charge on any atom is 0.292 e. The van der Waals surface area contributed by atoms with Gasteiger partial charge in [0, 0.05) is 6.07 Å². The van der Waals surface area contributed by atoms with Crippen molar-refractivity contribution in [3.63, 3.8) is 0 Å². The zero-order valence-electron chi connectivity index (χ0n) is 11.5. The quantitative estimate of drug-likeness (QED) is 0.886. The maximum absolute atomic E-state index is 12.0. The van der Waals surface area contributed by atoms with Gasteiger partial charge in [-0.15, -0.1) is 11.3 Å². The lowest BCUT2D eigenvalue weighted by molar-refractivity contribution is 0.0998. The molecule has 2 heterocycles.